The summed E-state index contributed by atoms with van der Waals surface area (Å²) in [5.74, 6) is 0. The minimum Gasteiger partial charge on any atom is -0.321 e. The molecule has 0 amide bonds. The Morgan fingerprint density at radius 1 is 1.40 bits per heavy atom. The molecular formula is C14H18ClN2O6PS. The van der Waals surface area contributed by atoms with E-state index in [1.807, 2.05) is 0 Å². The van der Waals surface area contributed by atoms with Gasteiger partial charge in [0.15, 0.2) is 0 Å². The van der Waals surface area contributed by atoms with Gasteiger partial charge in [-0.1, -0.05) is 18.5 Å². The Hall–Kier alpha value is -1.22. The molecule has 0 saturated carbocycles. The lowest BCUT2D eigenvalue weighted by Crippen LogP contribution is -2.29. The molecule has 0 aliphatic rings. The molecule has 8 nitrogen and oxygen atoms in total. The number of pyridine rings is 1. The smallest absolute Gasteiger partial charge is 0.321 e. The Balaban J connectivity index is 2.70. The van der Waals surface area contributed by atoms with Crippen molar-refractivity contribution in [2.24, 2.45) is 0 Å². The fraction of sp³-hybridized carbons (Fsp3) is 0.357. The van der Waals surface area contributed by atoms with Crippen LogP contribution in [0.4, 0.5) is 0 Å². The van der Waals surface area contributed by atoms with E-state index in [1.165, 1.54) is 19.2 Å². The lowest BCUT2D eigenvalue weighted by molar-refractivity contribution is 0.192. The van der Waals surface area contributed by atoms with Crippen LogP contribution in [0.1, 0.15) is 20.3 Å². The highest BCUT2D eigenvalue weighted by molar-refractivity contribution is 7.89. The SMILES string of the molecule is CCC(C)OP(=O)(O)c1cc2cc(S(=O)(=O)NC)c(Cl)cc2[nH]c1=O. The van der Waals surface area contributed by atoms with Crippen molar-refractivity contribution in [2.75, 3.05) is 7.05 Å². The number of sulfonamides is 1. The first-order valence-electron chi connectivity index (χ1n) is 7.33. The first-order chi connectivity index (χ1) is 11.5. The third kappa shape index (κ3) is 4.13. The van der Waals surface area contributed by atoms with E-state index in [9.17, 15) is 22.7 Å². The molecule has 11 heteroatoms. The molecule has 0 aliphatic carbocycles. The number of aromatic amines is 1. The van der Waals surface area contributed by atoms with Crippen LogP contribution in [0.3, 0.4) is 0 Å². The fourth-order valence-corrected chi connectivity index (χ4v) is 4.75. The van der Waals surface area contributed by atoms with E-state index in [1.54, 1.807) is 13.8 Å². The predicted molar refractivity (Wildman–Crippen MR) is 96.1 cm³/mol. The predicted octanol–water partition coefficient (Wildman–Crippen LogP) is 1.72. The molecule has 0 bridgehead atoms. The Morgan fingerprint density at radius 3 is 2.60 bits per heavy atom. The topological polar surface area (TPSA) is 126 Å². The summed E-state index contributed by atoms with van der Waals surface area (Å²) in [5, 5.41) is -0.321. The van der Waals surface area contributed by atoms with Crippen molar-refractivity contribution < 1.29 is 22.4 Å². The Morgan fingerprint density at radius 2 is 2.04 bits per heavy atom. The summed E-state index contributed by atoms with van der Waals surface area (Å²) >= 11 is 5.97. The maximum absolute atomic E-state index is 12.4. The number of hydrogen-bond donors (Lipinski definition) is 3. The molecular weight excluding hydrogens is 391 g/mol. The monoisotopic (exact) mass is 408 g/mol. The maximum Gasteiger partial charge on any atom is 0.364 e. The standard InChI is InChI=1S/C14H18ClN2O6PS/c1-4-8(2)23-24(19,20)12-5-9-6-13(25(21,22)16-3)10(15)7-11(9)17-14(12)18/h5-8,16H,4H2,1-3H3,(H,17,18)(H,19,20). The van der Waals surface area contributed by atoms with Crippen molar-refractivity contribution in [3.8, 4) is 0 Å². The minimum absolute atomic E-state index is 0.0895. The van der Waals surface area contributed by atoms with E-state index in [0.717, 1.165) is 6.07 Å². The quantitative estimate of drug-likeness (QED) is 0.625. The molecule has 0 spiro atoms. The largest absolute Gasteiger partial charge is 0.364 e. The number of nitrogens with one attached hydrogen (secondary N) is 2. The third-order valence-electron chi connectivity index (χ3n) is 3.64. The molecule has 3 N–H and O–H groups in total. The number of halogens is 1. The van der Waals surface area contributed by atoms with Gasteiger partial charge in [0.05, 0.1) is 11.1 Å². The van der Waals surface area contributed by atoms with Gasteiger partial charge in [0.1, 0.15) is 10.2 Å². The van der Waals surface area contributed by atoms with Crippen LogP contribution in [0.2, 0.25) is 5.02 Å². The van der Waals surface area contributed by atoms with E-state index in [4.69, 9.17) is 16.1 Å². The maximum atomic E-state index is 12.4. The molecule has 2 atom stereocenters. The van der Waals surface area contributed by atoms with E-state index in [2.05, 4.69) is 9.71 Å². The average Bonchev–Trinajstić information content (AvgIpc) is 2.52. The second-order valence-corrected chi connectivity index (χ2v) is 9.40. The molecule has 0 radical (unpaired) electrons. The third-order valence-corrected chi connectivity index (χ3v) is 7.10. The molecule has 1 aromatic carbocycles. The van der Waals surface area contributed by atoms with Gasteiger partial charge < -0.3 is 14.4 Å². The molecule has 1 heterocycles. The molecule has 25 heavy (non-hydrogen) atoms. The van der Waals surface area contributed by atoms with Gasteiger partial charge in [-0.2, -0.15) is 0 Å². The molecule has 138 valence electrons. The fourth-order valence-electron chi connectivity index (χ4n) is 2.10. The van der Waals surface area contributed by atoms with Crippen molar-refractivity contribution in [1.82, 2.24) is 9.71 Å². The van der Waals surface area contributed by atoms with Crippen LogP contribution >= 0.6 is 19.2 Å². The summed E-state index contributed by atoms with van der Waals surface area (Å²) in [4.78, 5) is 24.5. The summed E-state index contributed by atoms with van der Waals surface area (Å²) in [5.41, 5.74) is -0.570. The van der Waals surface area contributed by atoms with Crippen LogP contribution in [0.25, 0.3) is 10.9 Å². The summed E-state index contributed by atoms with van der Waals surface area (Å²) in [6.07, 6.45) is -0.0488. The van der Waals surface area contributed by atoms with Gasteiger partial charge in [-0.3, -0.25) is 9.36 Å². The van der Waals surface area contributed by atoms with Crippen LogP contribution in [-0.4, -0.2) is 31.4 Å². The minimum atomic E-state index is -4.38. The number of H-pyrrole nitrogens is 1. The van der Waals surface area contributed by atoms with Crippen molar-refractivity contribution >= 4 is 45.4 Å². The molecule has 2 rings (SSSR count). The Kier molecular flexibility index (Phi) is 5.78. The Labute approximate surface area is 149 Å². The lowest BCUT2D eigenvalue weighted by atomic mass is 10.2. The number of benzene rings is 1. The molecule has 0 saturated heterocycles. The second kappa shape index (κ2) is 7.19. The number of fused-ring (bicyclic) bond motifs is 1. The molecule has 0 fully saturated rings. The van der Waals surface area contributed by atoms with Gasteiger partial charge >= 0.3 is 7.60 Å². The van der Waals surface area contributed by atoms with Crippen LogP contribution in [0.15, 0.2) is 27.9 Å². The highest BCUT2D eigenvalue weighted by atomic mass is 35.5. The summed E-state index contributed by atoms with van der Waals surface area (Å²) in [6, 6.07) is 3.62. The van der Waals surface area contributed by atoms with Crippen molar-refractivity contribution in [1.29, 1.82) is 0 Å². The molecule has 1 aromatic heterocycles. The zero-order chi connectivity index (χ0) is 19.0. The Bertz CT molecular complexity index is 1020. The van der Waals surface area contributed by atoms with Gasteiger partial charge in [-0.25, -0.2) is 13.1 Å². The number of hydrogen-bond acceptors (Lipinski definition) is 5. The van der Waals surface area contributed by atoms with Gasteiger partial charge in [0.2, 0.25) is 10.0 Å². The van der Waals surface area contributed by atoms with Gasteiger partial charge in [-0.05, 0) is 38.6 Å². The zero-order valence-electron chi connectivity index (χ0n) is 13.7. The van der Waals surface area contributed by atoms with E-state index < -0.39 is 34.6 Å². The summed E-state index contributed by atoms with van der Waals surface area (Å²) in [7, 11) is -6.98. The van der Waals surface area contributed by atoms with Crippen LogP contribution in [-0.2, 0) is 19.1 Å². The highest BCUT2D eigenvalue weighted by Crippen LogP contribution is 2.42. The van der Waals surface area contributed by atoms with E-state index in [0.29, 0.717) is 6.42 Å². The van der Waals surface area contributed by atoms with Gasteiger partial charge in [0.25, 0.3) is 5.56 Å². The molecule has 2 aromatic rings. The zero-order valence-corrected chi connectivity index (χ0v) is 16.2. The van der Waals surface area contributed by atoms with Gasteiger partial charge in [-0.15, -0.1) is 0 Å². The first kappa shape index (κ1) is 20.1. The highest BCUT2D eigenvalue weighted by Gasteiger charge is 2.29. The normalized spacial score (nSPS) is 15.9. The van der Waals surface area contributed by atoms with E-state index in [-0.39, 0.29) is 20.8 Å². The lowest BCUT2D eigenvalue weighted by Gasteiger charge is -2.16. The number of rotatable bonds is 6. The number of aromatic nitrogens is 1. The molecule has 0 aliphatic heterocycles. The van der Waals surface area contributed by atoms with Crippen LogP contribution < -0.4 is 15.6 Å². The van der Waals surface area contributed by atoms with Crippen molar-refractivity contribution in [2.45, 2.75) is 31.3 Å². The van der Waals surface area contributed by atoms with E-state index >= 15 is 0 Å². The summed E-state index contributed by atoms with van der Waals surface area (Å²) in [6.45, 7) is 3.38. The van der Waals surface area contributed by atoms with Crippen LogP contribution in [0.5, 0.6) is 0 Å². The van der Waals surface area contributed by atoms with Crippen molar-refractivity contribution in [3.63, 3.8) is 0 Å². The molecule has 2 unspecified atom stereocenters. The van der Waals surface area contributed by atoms with Gasteiger partial charge in [0, 0.05) is 10.9 Å². The first-order valence-corrected chi connectivity index (χ1v) is 10.8. The van der Waals surface area contributed by atoms with Crippen LogP contribution in [0, 0.1) is 0 Å². The second-order valence-electron chi connectivity index (χ2n) is 5.41. The average molecular weight is 409 g/mol. The summed E-state index contributed by atoms with van der Waals surface area (Å²) < 4.78 is 43.6. The van der Waals surface area contributed by atoms with Crippen molar-refractivity contribution in [3.05, 3.63) is 33.6 Å².